The van der Waals surface area contributed by atoms with Gasteiger partial charge in [-0.2, -0.15) is 5.26 Å². The van der Waals surface area contributed by atoms with E-state index < -0.39 is 5.91 Å². The van der Waals surface area contributed by atoms with Crippen molar-refractivity contribution in [2.45, 2.75) is 19.3 Å². The van der Waals surface area contributed by atoms with Gasteiger partial charge in [0.05, 0.1) is 5.69 Å². The summed E-state index contributed by atoms with van der Waals surface area (Å²) < 4.78 is 0. The highest BCUT2D eigenvalue weighted by Crippen LogP contribution is 2.44. The fourth-order valence-corrected chi connectivity index (χ4v) is 4.39. The van der Waals surface area contributed by atoms with E-state index in [4.69, 9.17) is 11.5 Å². The van der Waals surface area contributed by atoms with E-state index in [0.717, 1.165) is 29.9 Å². The van der Waals surface area contributed by atoms with Crippen LogP contribution in [0.2, 0.25) is 0 Å². The van der Waals surface area contributed by atoms with Gasteiger partial charge in [-0.05, 0) is 24.7 Å². The van der Waals surface area contributed by atoms with E-state index in [9.17, 15) is 10.1 Å². The van der Waals surface area contributed by atoms with E-state index in [-0.39, 0.29) is 5.69 Å². The molecule has 1 aliphatic carbocycles. The Balaban J connectivity index is 1.95. The van der Waals surface area contributed by atoms with Gasteiger partial charge in [0, 0.05) is 13.1 Å². The van der Waals surface area contributed by atoms with Crippen LogP contribution in [0.25, 0.3) is 0 Å². The molecule has 100 valence electrons. The lowest BCUT2D eigenvalue weighted by molar-refractivity contribution is 0.100. The van der Waals surface area contributed by atoms with Crippen molar-refractivity contribution in [2.24, 2.45) is 17.6 Å². The Morgan fingerprint density at radius 3 is 2.53 bits per heavy atom. The average Bonchev–Trinajstić information content (AvgIpc) is 2.99. The number of hydrogen-bond donors (Lipinski definition) is 2. The van der Waals surface area contributed by atoms with Crippen LogP contribution in [0.3, 0.4) is 0 Å². The van der Waals surface area contributed by atoms with Crippen molar-refractivity contribution in [3.8, 4) is 6.07 Å². The fourth-order valence-electron chi connectivity index (χ4n) is 3.35. The third kappa shape index (κ3) is 1.85. The van der Waals surface area contributed by atoms with Crippen molar-refractivity contribution >= 4 is 27.9 Å². The molecule has 4 N–H and O–H groups in total. The van der Waals surface area contributed by atoms with E-state index in [1.807, 2.05) is 0 Å². The summed E-state index contributed by atoms with van der Waals surface area (Å²) in [4.78, 5) is 13.9. The zero-order valence-electron chi connectivity index (χ0n) is 10.6. The number of nitrogens with zero attached hydrogens (tertiary/aromatic N) is 2. The first-order valence-electron chi connectivity index (χ1n) is 6.49. The molecule has 0 bridgehead atoms. The second kappa shape index (κ2) is 4.42. The lowest BCUT2D eigenvalue weighted by Gasteiger charge is -2.17. The van der Waals surface area contributed by atoms with Crippen LogP contribution in [-0.2, 0) is 0 Å². The number of hydrogen-bond acceptors (Lipinski definition) is 5. The maximum Gasteiger partial charge on any atom is 0.261 e. The third-order valence-corrected chi connectivity index (χ3v) is 5.56. The van der Waals surface area contributed by atoms with Gasteiger partial charge in [0.25, 0.3) is 5.91 Å². The number of anilines is 2. The summed E-state index contributed by atoms with van der Waals surface area (Å²) in [7, 11) is 0. The molecule has 1 aromatic heterocycles. The minimum Gasteiger partial charge on any atom is -0.396 e. The lowest BCUT2D eigenvalue weighted by Crippen LogP contribution is -2.20. The maximum atomic E-state index is 11.3. The Hall–Kier alpha value is -1.74. The zero-order chi connectivity index (χ0) is 13.6. The van der Waals surface area contributed by atoms with Crippen molar-refractivity contribution < 1.29 is 4.79 Å². The number of nitriles is 1. The Labute approximate surface area is 115 Å². The number of nitrogens with two attached hydrogens (primary N) is 2. The molecular formula is C13H16N4OS. The summed E-state index contributed by atoms with van der Waals surface area (Å²) in [5, 5.41) is 10.1. The monoisotopic (exact) mass is 276 g/mol. The molecule has 2 atom stereocenters. The van der Waals surface area contributed by atoms with Gasteiger partial charge in [0.2, 0.25) is 0 Å². The van der Waals surface area contributed by atoms with Crippen molar-refractivity contribution in [2.75, 3.05) is 23.7 Å². The van der Waals surface area contributed by atoms with Gasteiger partial charge >= 0.3 is 0 Å². The minimum absolute atomic E-state index is 0.243. The number of primary amides is 1. The second-order valence-electron chi connectivity index (χ2n) is 5.36. The van der Waals surface area contributed by atoms with Gasteiger partial charge in [0.1, 0.15) is 21.5 Å². The molecule has 1 saturated carbocycles. The van der Waals surface area contributed by atoms with Crippen LogP contribution >= 0.6 is 11.3 Å². The number of amides is 1. The molecule has 6 heteroatoms. The summed E-state index contributed by atoms with van der Waals surface area (Å²) >= 11 is 1.26. The quantitative estimate of drug-likeness (QED) is 0.856. The largest absolute Gasteiger partial charge is 0.396 e. The lowest BCUT2D eigenvalue weighted by atomic mass is 10.0. The Morgan fingerprint density at radius 2 is 2.00 bits per heavy atom. The van der Waals surface area contributed by atoms with Crippen molar-refractivity contribution in [1.82, 2.24) is 0 Å². The van der Waals surface area contributed by atoms with Crippen molar-refractivity contribution in [3.05, 3.63) is 10.4 Å². The normalized spacial score (nSPS) is 25.3. The van der Waals surface area contributed by atoms with Crippen LogP contribution in [0.5, 0.6) is 0 Å². The SMILES string of the molecule is N#Cc1c(N2CC3CCCC3C2)sc(C(N)=O)c1N. The predicted octanol–water partition coefficient (Wildman–Crippen LogP) is 1.54. The van der Waals surface area contributed by atoms with Crippen molar-refractivity contribution in [1.29, 1.82) is 5.26 Å². The smallest absolute Gasteiger partial charge is 0.261 e. The van der Waals surface area contributed by atoms with E-state index >= 15 is 0 Å². The van der Waals surface area contributed by atoms with Crippen LogP contribution in [0.15, 0.2) is 0 Å². The van der Waals surface area contributed by atoms with Gasteiger partial charge in [-0.3, -0.25) is 4.79 Å². The molecule has 0 aromatic carbocycles. The highest BCUT2D eigenvalue weighted by molar-refractivity contribution is 7.19. The molecule has 3 rings (SSSR count). The summed E-state index contributed by atoms with van der Waals surface area (Å²) in [6.45, 7) is 1.94. The average molecular weight is 276 g/mol. The molecule has 2 aliphatic rings. The first kappa shape index (κ1) is 12.3. The van der Waals surface area contributed by atoms with Crippen LogP contribution in [0.1, 0.15) is 34.5 Å². The van der Waals surface area contributed by atoms with Gasteiger partial charge in [-0.1, -0.05) is 6.42 Å². The molecule has 19 heavy (non-hydrogen) atoms. The van der Waals surface area contributed by atoms with E-state index in [1.54, 1.807) is 0 Å². The topological polar surface area (TPSA) is 96.1 Å². The van der Waals surface area contributed by atoms with Gasteiger partial charge in [0.15, 0.2) is 0 Å². The van der Waals surface area contributed by atoms with E-state index in [0.29, 0.717) is 10.4 Å². The molecule has 2 unspecified atom stereocenters. The number of rotatable bonds is 2. The number of nitrogen functional groups attached to an aromatic ring is 1. The molecule has 1 aromatic rings. The van der Waals surface area contributed by atoms with Gasteiger partial charge in [-0.25, -0.2) is 0 Å². The molecule has 1 saturated heterocycles. The highest BCUT2D eigenvalue weighted by Gasteiger charge is 2.38. The Bertz CT molecular complexity index is 562. The maximum absolute atomic E-state index is 11.3. The fraction of sp³-hybridized carbons (Fsp3) is 0.538. The summed E-state index contributed by atoms with van der Waals surface area (Å²) in [6, 6.07) is 2.12. The van der Waals surface area contributed by atoms with Crippen LogP contribution in [-0.4, -0.2) is 19.0 Å². The molecule has 1 amide bonds. The van der Waals surface area contributed by atoms with Crippen LogP contribution in [0, 0.1) is 23.2 Å². The molecule has 5 nitrogen and oxygen atoms in total. The standard InChI is InChI=1S/C13H16N4OS/c14-4-9-10(15)11(12(16)18)19-13(9)17-5-7-2-1-3-8(7)6-17/h7-8H,1-3,5-6,15H2,(H2,16,18). The molecular weight excluding hydrogens is 260 g/mol. The third-order valence-electron chi connectivity index (χ3n) is 4.28. The summed E-state index contributed by atoms with van der Waals surface area (Å²) in [5.41, 5.74) is 11.8. The molecule has 0 radical (unpaired) electrons. The predicted molar refractivity (Wildman–Crippen MR) is 75.0 cm³/mol. The molecule has 2 fully saturated rings. The Morgan fingerprint density at radius 1 is 1.37 bits per heavy atom. The zero-order valence-corrected chi connectivity index (χ0v) is 11.4. The first-order chi connectivity index (χ1) is 9.11. The molecule has 1 aliphatic heterocycles. The number of carbonyl (C=O) groups is 1. The van der Waals surface area contributed by atoms with E-state index in [1.165, 1.54) is 30.6 Å². The van der Waals surface area contributed by atoms with Crippen LogP contribution in [0.4, 0.5) is 10.7 Å². The second-order valence-corrected chi connectivity index (χ2v) is 6.36. The number of carbonyl (C=O) groups excluding carboxylic acids is 1. The highest BCUT2D eigenvalue weighted by atomic mass is 32.1. The van der Waals surface area contributed by atoms with Crippen LogP contribution < -0.4 is 16.4 Å². The molecule has 2 heterocycles. The molecule has 0 spiro atoms. The Kier molecular flexibility index (Phi) is 2.86. The summed E-state index contributed by atoms with van der Waals surface area (Å²) in [5.74, 6) is 0.906. The number of thiophene rings is 1. The van der Waals surface area contributed by atoms with Crippen molar-refractivity contribution in [3.63, 3.8) is 0 Å². The number of fused-ring (bicyclic) bond motifs is 1. The van der Waals surface area contributed by atoms with Gasteiger partial charge in [-0.15, -0.1) is 11.3 Å². The van der Waals surface area contributed by atoms with E-state index in [2.05, 4.69) is 11.0 Å². The minimum atomic E-state index is -0.551. The summed E-state index contributed by atoms with van der Waals surface area (Å²) in [6.07, 6.45) is 3.85. The first-order valence-corrected chi connectivity index (χ1v) is 7.30. The van der Waals surface area contributed by atoms with Gasteiger partial charge < -0.3 is 16.4 Å².